The molecule has 0 amide bonds. The normalized spacial score (nSPS) is 12.9. The molecule has 4 aromatic heterocycles. The van der Waals surface area contributed by atoms with Crippen LogP contribution in [0.4, 0.5) is 68.2 Å². The predicted octanol–water partition coefficient (Wildman–Crippen LogP) is 22.2. The second-order valence-electron chi connectivity index (χ2n) is 30.3. The standard InChI is InChI=1S/C102H64B2N8/c1-7-29-65(30-8-1)105(66-31-9-2-10-32-66)71-53-55-81-91(59-71)107(69-37-15-5-16-38-69)93-61-73(109-85-49-23-19-41-75(85)76-42-20-24-50-86(76)109)63-95-99(93)103(81)83-47-27-45-79-97-89(111(95)101(79)83)57-58-90-98(97)80-46-28-48-84-102(80)112(90)96-64-74(110-87-51-25-21-43-77(87)78-44-22-26-52-88(78)110)62-94-100(96)104(84)82-56-54-72(60-92(82)108(94)70-39-17-6-18-40-70)106(67-33-11-3-12-34-67)68-35-13-4-14-36-68/h1-64H. The number of anilines is 12. The minimum absolute atomic E-state index is 0.151. The van der Waals surface area contributed by atoms with E-state index < -0.39 is 0 Å². The molecule has 8 heterocycles. The van der Waals surface area contributed by atoms with E-state index in [9.17, 15) is 0 Å². The van der Waals surface area contributed by atoms with Gasteiger partial charge in [0, 0.05) is 134 Å². The van der Waals surface area contributed by atoms with Crippen molar-refractivity contribution in [3.8, 4) is 22.7 Å². The van der Waals surface area contributed by atoms with Crippen LogP contribution in [0.15, 0.2) is 388 Å². The topological polar surface area (TPSA) is 32.7 Å². The van der Waals surface area contributed by atoms with Crippen LogP contribution in [0.1, 0.15) is 0 Å². The monoisotopic (exact) mass is 1420 g/mol. The zero-order valence-corrected chi connectivity index (χ0v) is 60.7. The van der Waals surface area contributed by atoms with Gasteiger partial charge in [0.1, 0.15) is 0 Å². The van der Waals surface area contributed by atoms with E-state index in [4.69, 9.17) is 0 Å². The zero-order chi connectivity index (χ0) is 73.0. The lowest BCUT2D eigenvalue weighted by Gasteiger charge is -2.41. The number of rotatable bonds is 10. The molecule has 0 spiro atoms. The molecule has 0 unspecified atom stereocenters. The van der Waals surface area contributed by atoms with Gasteiger partial charge in [-0.3, -0.25) is 0 Å². The number of aromatic nitrogens is 4. The summed E-state index contributed by atoms with van der Waals surface area (Å²) in [6.45, 7) is -0.302. The Morgan fingerprint density at radius 2 is 0.491 bits per heavy atom. The highest BCUT2D eigenvalue weighted by molar-refractivity contribution is 7.01. The molecule has 21 aromatic rings. The van der Waals surface area contributed by atoms with Gasteiger partial charge in [-0.05, 0) is 191 Å². The Kier molecular flexibility index (Phi) is 12.8. The van der Waals surface area contributed by atoms with Gasteiger partial charge in [-0.25, -0.2) is 0 Å². The van der Waals surface area contributed by atoms with Crippen LogP contribution < -0.4 is 52.4 Å². The maximum absolute atomic E-state index is 2.68. The van der Waals surface area contributed by atoms with E-state index in [1.54, 1.807) is 0 Å². The lowest BCUT2D eigenvalue weighted by molar-refractivity contribution is 1.12. The van der Waals surface area contributed by atoms with Crippen LogP contribution >= 0.6 is 0 Å². The minimum Gasteiger partial charge on any atom is -0.311 e. The first-order chi connectivity index (χ1) is 55.6. The summed E-state index contributed by atoms with van der Waals surface area (Å²) >= 11 is 0. The lowest BCUT2D eigenvalue weighted by atomic mass is 9.33. The Labute approximate surface area is 646 Å². The summed E-state index contributed by atoms with van der Waals surface area (Å²) in [7, 11) is 0. The molecule has 0 fully saturated rings. The molecule has 4 aliphatic rings. The molecule has 25 rings (SSSR count). The maximum atomic E-state index is 2.68. The van der Waals surface area contributed by atoms with Crippen molar-refractivity contribution in [3.63, 3.8) is 0 Å². The molecule has 0 atom stereocenters. The molecular formula is C102H64B2N8. The van der Waals surface area contributed by atoms with Crippen molar-refractivity contribution in [2.75, 3.05) is 19.6 Å². The van der Waals surface area contributed by atoms with Crippen molar-refractivity contribution in [2.24, 2.45) is 0 Å². The number of nitrogens with zero attached hydrogens (tertiary/aromatic N) is 8. The zero-order valence-electron chi connectivity index (χ0n) is 60.7. The molecule has 0 saturated heterocycles. The van der Waals surface area contributed by atoms with Crippen molar-refractivity contribution in [3.05, 3.63) is 388 Å². The van der Waals surface area contributed by atoms with Crippen LogP contribution in [0.2, 0.25) is 0 Å². The van der Waals surface area contributed by atoms with Gasteiger partial charge in [0.25, 0.3) is 13.4 Å². The van der Waals surface area contributed by atoms with E-state index in [2.05, 4.69) is 426 Å². The largest absolute Gasteiger partial charge is 0.311 e. The summed E-state index contributed by atoms with van der Waals surface area (Å²) in [5.74, 6) is 0. The van der Waals surface area contributed by atoms with Crippen LogP contribution in [0, 0.1) is 0 Å². The SMILES string of the molecule is c1ccc(N(c2ccccc2)c2ccc3c(c2)N(c2ccccc2)c2cc(-n4c5ccccc5c5ccccc54)cc4c2B3c2cccc3c5c6c7cccc8c7n(c6ccc5n-4c23)-c2cc(-n3c4ccccc4c4ccccc43)cc3c2B8c2ccc(N(c4ccccc4)c4ccccc4)cc2N3c2ccccc2)cc1. The molecule has 0 saturated carbocycles. The van der Waals surface area contributed by atoms with Crippen molar-refractivity contribution < 1.29 is 0 Å². The average Bonchev–Trinajstić information content (AvgIpc) is 1.46. The van der Waals surface area contributed by atoms with Gasteiger partial charge in [-0.15, -0.1) is 0 Å². The highest BCUT2D eigenvalue weighted by Gasteiger charge is 2.46. The highest BCUT2D eigenvalue weighted by atomic mass is 15.2. The first-order valence-corrected chi connectivity index (χ1v) is 38.8. The average molecular weight is 1420 g/mol. The summed E-state index contributed by atoms with van der Waals surface area (Å²) in [6.07, 6.45) is 0. The first-order valence-electron chi connectivity index (χ1n) is 38.8. The third-order valence-electron chi connectivity index (χ3n) is 24.6. The molecule has 4 aliphatic heterocycles. The Morgan fingerprint density at radius 3 is 0.839 bits per heavy atom. The Bertz CT molecular complexity index is 6900. The van der Waals surface area contributed by atoms with Crippen LogP contribution in [-0.4, -0.2) is 31.7 Å². The van der Waals surface area contributed by atoms with E-state index in [1.165, 1.54) is 109 Å². The Morgan fingerprint density at radius 1 is 0.188 bits per heavy atom. The van der Waals surface area contributed by atoms with Gasteiger partial charge < -0.3 is 37.9 Å². The van der Waals surface area contributed by atoms with Crippen molar-refractivity contribution in [1.29, 1.82) is 0 Å². The Hall–Kier alpha value is -14.7. The van der Waals surface area contributed by atoms with Crippen molar-refractivity contribution in [2.45, 2.75) is 0 Å². The third-order valence-corrected chi connectivity index (χ3v) is 24.6. The van der Waals surface area contributed by atoms with Gasteiger partial charge in [0.15, 0.2) is 0 Å². The third kappa shape index (κ3) is 8.46. The molecule has 17 aromatic carbocycles. The molecule has 10 heteroatoms. The molecule has 8 nitrogen and oxygen atoms in total. The van der Waals surface area contributed by atoms with Crippen molar-refractivity contribution >= 4 is 202 Å². The van der Waals surface area contributed by atoms with Gasteiger partial charge >= 0.3 is 0 Å². The Balaban J connectivity index is 0.796. The molecule has 0 aliphatic carbocycles. The van der Waals surface area contributed by atoms with Crippen LogP contribution in [0.5, 0.6) is 0 Å². The van der Waals surface area contributed by atoms with Crippen molar-refractivity contribution in [1.82, 2.24) is 18.3 Å². The van der Waals surface area contributed by atoms with Gasteiger partial charge in [-0.1, -0.05) is 231 Å². The summed E-state index contributed by atoms with van der Waals surface area (Å²) in [4.78, 5) is 9.95. The molecular weight excluding hydrogens is 1360 g/mol. The fourth-order valence-electron chi connectivity index (χ4n) is 20.3. The van der Waals surface area contributed by atoms with Crippen LogP contribution in [0.25, 0.3) is 110 Å². The quantitative estimate of drug-likeness (QED) is 0.128. The smallest absolute Gasteiger partial charge is 0.252 e. The predicted molar refractivity (Wildman–Crippen MR) is 472 cm³/mol. The van der Waals surface area contributed by atoms with E-state index in [0.29, 0.717) is 0 Å². The van der Waals surface area contributed by atoms with Crippen LogP contribution in [0.3, 0.4) is 0 Å². The summed E-state index contributed by atoms with van der Waals surface area (Å²) in [5, 5.41) is 9.84. The maximum Gasteiger partial charge on any atom is 0.252 e. The van der Waals surface area contributed by atoms with E-state index in [-0.39, 0.29) is 13.4 Å². The van der Waals surface area contributed by atoms with E-state index in [0.717, 1.165) is 102 Å². The second-order valence-corrected chi connectivity index (χ2v) is 30.3. The number of hydrogen-bond donors (Lipinski definition) is 0. The lowest BCUT2D eigenvalue weighted by Crippen LogP contribution is -2.60. The number of para-hydroxylation sites is 12. The summed E-state index contributed by atoms with van der Waals surface area (Å²) in [6, 6.07) is 145. The molecule has 0 radical (unpaired) electrons. The molecule has 0 N–H and O–H groups in total. The first kappa shape index (κ1) is 61.3. The summed E-state index contributed by atoms with van der Waals surface area (Å²) in [5.41, 5.74) is 34.9. The van der Waals surface area contributed by atoms with Gasteiger partial charge in [0.2, 0.25) is 0 Å². The second kappa shape index (κ2) is 23.4. The number of hydrogen-bond acceptors (Lipinski definition) is 4. The van der Waals surface area contributed by atoms with E-state index >= 15 is 0 Å². The minimum atomic E-state index is -0.151. The van der Waals surface area contributed by atoms with Crippen LogP contribution in [-0.2, 0) is 0 Å². The number of benzene rings is 17. The van der Waals surface area contributed by atoms with Gasteiger partial charge in [-0.2, -0.15) is 0 Å². The fourth-order valence-corrected chi connectivity index (χ4v) is 20.3. The van der Waals surface area contributed by atoms with E-state index in [1.807, 2.05) is 0 Å². The molecule has 112 heavy (non-hydrogen) atoms. The highest BCUT2D eigenvalue weighted by Crippen LogP contribution is 2.51. The fraction of sp³-hybridized carbons (Fsp3) is 0. The summed E-state index contributed by atoms with van der Waals surface area (Å²) < 4.78 is 10.4. The van der Waals surface area contributed by atoms with Gasteiger partial charge in [0.05, 0.1) is 44.5 Å². The molecule has 0 bridgehead atoms. The molecule has 518 valence electrons. The number of fused-ring (bicyclic) bond motifs is 21.